The Labute approximate surface area is 198 Å². The van der Waals surface area contributed by atoms with Gasteiger partial charge < -0.3 is 20.4 Å². The lowest BCUT2D eigenvalue weighted by atomic mass is 10.1. The van der Waals surface area contributed by atoms with E-state index in [1.165, 1.54) is 36.5 Å². The highest BCUT2D eigenvalue weighted by Crippen LogP contribution is 2.40. The molecule has 2 aliphatic carbocycles. The lowest BCUT2D eigenvalue weighted by Gasteiger charge is -2.13. The van der Waals surface area contributed by atoms with Gasteiger partial charge in [0.1, 0.15) is 11.6 Å². The molecule has 4 aromatic rings. The number of H-pyrrole nitrogens is 1. The number of nitrogens with zero attached hydrogens (tertiary/aromatic N) is 4. The van der Waals surface area contributed by atoms with Gasteiger partial charge in [0.15, 0.2) is 5.82 Å². The lowest BCUT2D eigenvalue weighted by Crippen LogP contribution is -2.19. The molecular weight excluding hydrogens is 453 g/mol. The number of carbonyl (C=O) groups is 2. The maximum Gasteiger partial charge on any atom is 0.253 e. The van der Waals surface area contributed by atoms with Crippen molar-refractivity contribution in [3.63, 3.8) is 0 Å². The first kappa shape index (κ1) is 21.3. The summed E-state index contributed by atoms with van der Waals surface area (Å²) in [6, 6.07) is 4.70. The summed E-state index contributed by atoms with van der Waals surface area (Å²) in [5.74, 6) is -0.409. The van der Waals surface area contributed by atoms with Gasteiger partial charge in [0, 0.05) is 36.7 Å². The van der Waals surface area contributed by atoms with Crippen molar-refractivity contribution in [1.82, 2.24) is 30.3 Å². The van der Waals surface area contributed by atoms with Gasteiger partial charge >= 0.3 is 0 Å². The second-order valence-corrected chi connectivity index (χ2v) is 8.77. The van der Waals surface area contributed by atoms with Crippen LogP contribution >= 0.6 is 0 Å². The molecule has 3 heterocycles. The predicted molar refractivity (Wildman–Crippen MR) is 125 cm³/mol. The number of aromatic amines is 1. The number of nitrogens with one attached hydrogen (secondary N) is 3. The number of carbonyl (C=O) groups excluding carboxylic acids is 2. The van der Waals surface area contributed by atoms with Crippen molar-refractivity contribution in [3.8, 4) is 22.7 Å². The fourth-order valence-electron chi connectivity index (χ4n) is 3.98. The molecule has 0 bridgehead atoms. The number of amides is 2. The van der Waals surface area contributed by atoms with Crippen molar-refractivity contribution in [2.45, 2.75) is 31.8 Å². The number of hydrogen-bond acceptors (Lipinski definition) is 6. The Bertz CT molecular complexity index is 1460. The first-order valence-corrected chi connectivity index (χ1v) is 11.4. The van der Waals surface area contributed by atoms with E-state index in [0.717, 1.165) is 25.7 Å². The second-order valence-electron chi connectivity index (χ2n) is 8.77. The maximum absolute atomic E-state index is 15.6. The van der Waals surface area contributed by atoms with Crippen molar-refractivity contribution in [3.05, 3.63) is 48.2 Å². The van der Waals surface area contributed by atoms with Gasteiger partial charge in [-0.25, -0.2) is 9.37 Å². The Morgan fingerprint density at radius 3 is 2.60 bits per heavy atom. The standard InChI is InChI=1S/C24H22FN7O3/c1-26-24(34)16-11-27-22(31-23(33)12-2-3-12)21-15(16)10-18(30-21)20-17(25)8-13(32-28-6-7-29-32)9-19(20)35-14-4-5-14/h6-12,14,30H,2-5H2,1H3,(H,26,34)(H,27,31,33). The molecule has 0 radical (unpaired) electrons. The molecule has 178 valence electrons. The number of aromatic nitrogens is 5. The Hall–Kier alpha value is -4.28. The third-order valence-corrected chi connectivity index (χ3v) is 6.10. The van der Waals surface area contributed by atoms with Gasteiger partial charge in [0.2, 0.25) is 5.91 Å². The van der Waals surface area contributed by atoms with Crippen molar-refractivity contribution in [1.29, 1.82) is 0 Å². The minimum atomic E-state index is -0.542. The van der Waals surface area contributed by atoms with Gasteiger partial charge in [0.25, 0.3) is 5.91 Å². The smallest absolute Gasteiger partial charge is 0.253 e. The molecule has 2 aliphatic rings. The SMILES string of the molecule is CNC(=O)c1cnc(NC(=O)C2CC2)c2[nH]c(-c3c(F)cc(-n4nccn4)cc3OC3CC3)cc12. The molecule has 35 heavy (non-hydrogen) atoms. The zero-order valence-electron chi connectivity index (χ0n) is 18.8. The minimum absolute atomic E-state index is 0.00912. The van der Waals surface area contributed by atoms with E-state index in [-0.39, 0.29) is 29.4 Å². The summed E-state index contributed by atoms with van der Waals surface area (Å²) < 4.78 is 21.7. The third-order valence-electron chi connectivity index (χ3n) is 6.10. The van der Waals surface area contributed by atoms with E-state index in [1.807, 2.05) is 0 Å². The third kappa shape index (κ3) is 3.98. The number of benzene rings is 1. The molecule has 0 unspecified atom stereocenters. The molecule has 0 saturated heterocycles. The van der Waals surface area contributed by atoms with Crippen molar-refractivity contribution in [2.75, 3.05) is 12.4 Å². The fourth-order valence-corrected chi connectivity index (χ4v) is 3.98. The summed E-state index contributed by atoms with van der Waals surface area (Å²) in [5.41, 5.74) is 1.77. The Kier molecular flexibility index (Phi) is 4.97. The highest BCUT2D eigenvalue weighted by Gasteiger charge is 2.31. The summed E-state index contributed by atoms with van der Waals surface area (Å²) in [6.45, 7) is 0. The molecule has 3 aromatic heterocycles. The highest BCUT2D eigenvalue weighted by molar-refractivity contribution is 6.11. The van der Waals surface area contributed by atoms with Crippen LogP contribution in [0.2, 0.25) is 0 Å². The molecule has 11 heteroatoms. The van der Waals surface area contributed by atoms with Crippen molar-refractivity contribution < 1.29 is 18.7 Å². The highest BCUT2D eigenvalue weighted by atomic mass is 19.1. The van der Waals surface area contributed by atoms with E-state index < -0.39 is 5.82 Å². The van der Waals surface area contributed by atoms with Gasteiger partial charge in [0.05, 0.1) is 46.5 Å². The normalized spacial score (nSPS) is 15.3. The summed E-state index contributed by atoms with van der Waals surface area (Å²) in [7, 11) is 1.52. The summed E-state index contributed by atoms with van der Waals surface area (Å²) in [5, 5.41) is 14.1. The summed E-state index contributed by atoms with van der Waals surface area (Å²) in [6.07, 6.45) is 7.89. The maximum atomic E-state index is 15.6. The van der Waals surface area contributed by atoms with Crippen LogP contribution in [0.5, 0.6) is 5.75 Å². The Morgan fingerprint density at radius 2 is 1.91 bits per heavy atom. The predicted octanol–water partition coefficient (Wildman–Crippen LogP) is 3.20. The first-order valence-electron chi connectivity index (χ1n) is 11.4. The van der Waals surface area contributed by atoms with Crippen LogP contribution in [0.15, 0.2) is 36.8 Å². The molecule has 0 spiro atoms. The molecule has 0 aliphatic heterocycles. The molecular formula is C24H22FN7O3. The van der Waals surface area contributed by atoms with Crippen LogP contribution in [-0.2, 0) is 4.79 Å². The molecule has 1 aromatic carbocycles. The van der Waals surface area contributed by atoms with Crippen molar-refractivity contribution in [2.24, 2.45) is 5.92 Å². The number of fused-ring (bicyclic) bond motifs is 1. The summed E-state index contributed by atoms with van der Waals surface area (Å²) in [4.78, 5) is 33.7. The largest absolute Gasteiger partial charge is 0.490 e. The average Bonchev–Trinajstić information content (AvgIpc) is 3.76. The quantitative estimate of drug-likeness (QED) is 0.377. The zero-order chi connectivity index (χ0) is 24.1. The van der Waals surface area contributed by atoms with E-state index in [4.69, 9.17) is 4.74 Å². The van der Waals surface area contributed by atoms with E-state index in [9.17, 15) is 9.59 Å². The number of hydrogen-bond donors (Lipinski definition) is 3. The number of anilines is 1. The van der Waals surface area contributed by atoms with Crippen LogP contribution in [0, 0.1) is 11.7 Å². The van der Waals surface area contributed by atoms with Gasteiger partial charge in [-0.05, 0) is 31.7 Å². The van der Waals surface area contributed by atoms with Gasteiger partial charge in [-0.2, -0.15) is 15.0 Å². The van der Waals surface area contributed by atoms with Crippen LogP contribution in [-0.4, -0.2) is 49.9 Å². The molecule has 6 rings (SSSR count). The number of halogens is 1. The molecule has 0 atom stereocenters. The Balaban J connectivity index is 1.51. The summed E-state index contributed by atoms with van der Waals surface area (Å²) >= 11 is 0. The second kappa shape index (κ2) is 8.19. The fraction of sp³-hybridized carbons (Fsp3) is 0.292. The van der Waals surface area contributed by atoms with Crippen LogP contribution < -0.4 is 15.4 Å². The molecule has 2 amide bonds. The first-order chi connectivity index (χ1) is 17.0. The lowest BCUT2D eigenvalue weighted by molar-refractivity contribution is -0.117. The van der Waals surface area contributed by atoms with E-state index in [0.29, 0.717) is 39.4 Å². The van der Waals surface area contributed by atoms with Crippen molar-refractivity contribution >= 4 is 28.5 Å². The number of ether oxygens (including phenoxy) is 1. The number of rotatable bonds is 7. The van der Waals surface area contributed by atoms with Crippen LogP contribution in [0.3, 0.4) is 0 Å². The van der Waals surface area contributed by atoms with Gasteiger partial charge in [-0.15, -0.1) is 0 Å². The molecule has 3 N–H and O–H groups in total. The monoisotopic (exact) mass is 475 g/mol. The molecule has 10 nitrogen and oxygen atoms in total. The Morgan fingerprint density at radius 1 is 1.14 bits per heavy atom. The minimum Gasteiger partial charge on any atom is -0.490 e. The van der Waals surface area contributed by atoms with E-state index >= 15 is 4.39 Å². The molecule has 2 fully saturated rings. The van der Waals surface area contributed by atoms with Gasteiger partial charge in [-0.3, -0.25) is 9.59 Å². The average molecular weight is 475 g/mol. The van der Waals surface area contributed by atoms with Gasteiger partial charge in [-0.1, -0.05) is 0 Å². The van der Waals surface area contributed by atoms with Crippen LogP contribution in [0.1, 0.15) is 36.0 Å². The van der Waals surface area contributed by atoms with Crippen LogP contribution in [0.4, 0.5) is 10.2 Å². The van der Waals surface area contributed by atoms with Crippen LogP contribution in [0.25, 0.3) is 27.8 Å². The van der Waals surface area contributed by atoms with E-state index in [2.05, 4.69) is 30.8 Å². The molecule has 2 saturated carbocycles. The number of pyridine rings is 1. The van der Waals surface area contributed by atoms with E-state index in [1.54, 1.807) is 12.1 Å². The zero-order valence-corrected chi connectivity index (χ0v) is 18.8. The topological polar surface area (TPSA) is 127 Å².